The average molecular weight is 219 g/mol. The monoisotopic (exact) mass is 219 g/mol. The molecule has 0 spiro atoms. The summed E-state index contributed by atoms with van der Waals surface area (Å²) in [6.07, 6.45) is 4.68. The Hall–Kier alpha value is -1.70. The summed E-state index contributed by atoms with van der Waals surface area (Å²) < 4.78 is 1.82. The van der Waals surface area contributed by atoms with Gasteiger partial charge in [-0.1, -0.05) is 12.8 Å². The summed E-state index contributed by atoms with van der Waals surface area (Å²) in [6, 6.07) is 2.50. The van der Waals surface area contributed by atoms with E-state index in [-0.39, 0.29) is 0 Å². The maximum atomic E-state index is 9.06. The number of hydrogen-bond acceptors (Lipinski definition) is 4. The lowest BCUT2D eigenvalue weighted by molar-refractivity contribution is 0.475. The highest BCUT2D eigenvalue weighted by molar-refractivity contribution is 5.63. The van der Waals surface area contributed by atoms with Gasteiger partial charge in [0, 0.05) is 6.54 Å². The summed E-state index contributed by atoms with van der Waals surface area (Å²) in [5, 5.41) is 16.5. The van der Waals surface area contributed by atoms with Crippen molar-refractivity contribution in [2.45, 2.75) is 38.6 Å². The smallest absolute Gasteiger partial charge is 0.168 e. The van der Waals surface area contributed by atoms with Crippen LogP contribution in [0.25, 0.3) is 0 Å². The molecule has 1 aliphatic rings. The maximum Gasteiger partial charge on any atom is 0.168 e. The molecule has 3 N–H and O–H groups in total. The molecule has 0 bridgehead atoms. The van der Waals surface area contributed by atoms with Gasteiger partial charge in [0.1, 0.15) is 17.5 Å². The third-order valence-corrected chi connectivity index (χ3v) is 3.07. The SMILES string of the molecule is CCNc1nn(C2CCCC2)c(N)c1C#N. The minimum atomic E-state index is 0.375. The van der Waals surface area contributed by atoms with Crippen LogP contribution in [-0.2, 0) is 0 Å². The van der Waals surface area contributed by atoms with Crippen LogP contribution in [0.3, 0.4) is 0 Å². The van der Waals surface area contributed by atoms with Crippen LogP contribution in [0.2, 0.25) is 0 Å². The molecule has 5 heteroatoms. The predicted molar refractivity (Wildman–Crippen MR) is 63.0 cm³/mol. The molecule has 1 aliphatic carbocycles. The van der Waals surface area contributed by atoms with Gasteiger partial charge in [0.05, 0.1) is 6.04 Å². The lowest BCUT2D eigenvalue weighted by atomic mass is 10.2. The second-order valence-electron chi connectivity index (χ2n) is 4.13. The molecular formula is C11H17N5. The van der Waals surface area contributed by atoms with Gasteiger partial charge in [0.15, 0.2) is 5.82 Å². The topological polar surface area (TPSA) is 79.7 Å². The molecular weight excluding hydrogens is 202 g/mol. The number of hydrogen-bond donors (Lipinski definition) is 2. The van der Waals surface area contributed by atoms with Gasteiger partial charge in [0.25, 0.3) is 0 Å². The number of rotatable bonds is 3. The molecule has 1 fully saturated rings. The van der Waals surface area contributed by atoms with Gasteiger partial charge in [-0.05, 0) is 19.8 Å². The minimum absolute atomic E-state index is 0.375. The summed E-state index contributed by atoms with van der Waals surface area (Å²) in [7, 11) is 0. The molecule has 1 aromatic rings. The molecule has 16 heavy (non-hydrogen) atoms. The van der Waals surface area contributed by atoms with Gasteiger partial charge in [0.2, 0.25) is 0 Å². The van der Waals surface area contributed by atoms with Crippen LogP contribution in [0, 0.1) is 11.3 Å². The molecule has 0 atom stereocenters. The van der Waals surface area contributed by atoms with Crippen molar-refractivity contribution in [2.75, 3.05) is 17.6 Å². The van der Waals surface area contributed by atoms with Crippen molar-refractivity contribution in [1.82, 2.24) is 9.78 Å². The Balaban J connectivity index is 2.35. The Bertz CT molecular complexity index is 409. The molecule has 2 rings (SSSR count). The van der Waals surface area contributed by atoms with Crippen molar-refractivity contribution in [1.29, 1.82) is 5.26 Å². The highest BCUT2D eigenvalue weighted by Gasteiger charge is 2.23. The number of nitrogens with one attached hydrogen (secondary N) is 1. The number of nitrogens with zero attached hydrogens (tertiary/aromatic N) is 3. The Morgan fingerprint density at radius 2 is 2.25 bits per heavy atom. The van der Waals surface area contributed by atoms with E-state index in [9.17, 15) is 0 Å². The van der Waals surface area contributed by atoms with Crippen molar-refractivity contribution in [2.24, 2.45) is 0 Å². The van der Waals surface area contributed by atoms with Crippen LogP contribution < -0.4 is 11.1 Å². The highest BCUT2D eigenvalue weighted by Crippen LogP contribution is 2.33. The molecule has 1 aromatic heterocycles. The fourth-order valence-electron chi connectivity index (χ4n) is 2.28. The molecule has 1 saturated carbocycles. The Kier molecular flexibility index (Phi) is 3.00. The summed E-state index contributed by atoms with van der Waals surface area (Å²) in [5.41, 5.74) is 6.44. The fraction of sp³-hybridized carbons (Fsp3) is 0.636. The van der Waals surface area contributed by atoms with Crippen molar-refractivity contribution < 1.29 is 0 Å². The first-order valence-electron chi connectivity index (χ1n) is 5.79. The van der Waals surface area contributed by atoms with E-state index >= 15 is 0 Å². The van der Waals surface area contributed by atoms with Crippen LogP contribution in [0.1, 0.15) is 44.2 Å². The predicted octanol–water partition coefficient (Wildman–Crippen LogP) is 1.88. The van der Waals surface area contributed by atoms with E-state index in [4.69, 9.17) is 11.0 Å². The van der Waals surface area contributed by atoms with E-state index in [0.29, 0.717) is 23.2 Å². The summed E-state index contributed by atoms with van der Waals surface area (Å²) in [5.74, 6) is 1.12. The zero-order valence-corrected chi connectivity index (χ0v) is 9.53. The van der Waals surface area contributed by atoms with Gasteiger partial charge in [-0.15, -0.1) is 0 Å². The van der Waals surface area contributed by atoms with E-state index in [1.807, 2.05) is 11.6 Å². The zero-order valence-electron chi connectivity index (χ0n) is 9.53. The maximum absolute atomic E-state index is 9.06. The van der Waals surface area contributed by atoms with Crippen molar-refractivity contribution >= 4 is 11.6 Å². The van der Waals surface area contributed by atoms with Crippen LogP contribution in [0.4, 0.5) is 11.6 Å². The first kappa shape index (κ1) is 10.8. The summed E-state index contributed by atoms with van der Waals surface area (Å²) in [6.45, 7) is 2.72. The quantitative estimate of drug-likeness (QED) is 0.813. The molecule has 0 aromatic carbocycles. The lowest BCUT2D eigenvalue weighted by Gasteiger charge is -2.10. The second-order valence-corrected chi connectivity index (χ2v) is 4.13. The first-order valence-corrected chi connectivity index (χ1v) is 5.79. The van der Waals surface area contributed by atoms with E-state index < -0.39 is 0 Å². The summed E-state index contributed by atoms with van der Waals surface area (Å²) >= 11 is 0. The largest absolute Gasteiger partial charge is 0.383 e. The first-order chi connectivity index (χ1) is 7.77. The number of nitrogen functional groups attached to an aromatic ring is 1. The van der Waals surface area contributed by atoms with Crippen LogP contribution in [0.15, 0.2) is 0 Å². The van der Waals surface area contributed by atoms with E-state index in [1.54, 1.807) is 0 Å². The lowest BCUT2D eigenvalue weighted by Crippen LogP contribution is -2.10. The molecule has 0 saturated heterocycles. The van der Waals surface area contributed by atoms with E-state index in [2.05, 4.69) is 16.5 Å². The normalized spacial score (nSPS) is 16.2. The van der Waals surface area contributed by atoms with Crippen LogP contribution in [0.5, 0.6) is 0 Å². The number of aromatic nitrogens is 2. The van der Waals surface area contributed by atoms with Gasteiger partial charge < -0.3 is 11.1 Å². The molecule has 0 aliphatic heterocycles. The molecule has 5 nitrogen and oxygen atoms in total. The van der Waals surface area contributed by atoms with E-state index in [0.717, 1.165) is 19.4 Å². The fourth-order valence-corrected chi connectivity index (χ4v) is 2.28. The third-order valence-electron chi connectivity index (χ3n) is 3.07. The second kappa shape index (κ2) is 4.44. The Morgan fingerprint density at radius 3 is 2.81 bits per heavy atom. The zero-order chi connectivity index (χ0) is 11.5. The van der Waals surface area contributed by atoms with Crippen LogP contribution in [-0.4, -0.2) is 16.3 Å². The standard InChI is InChI=1S/C11H17N5/c1-2-14-11-9(7-12)10(13)16(15-11)8-5-3-4-6-8/h8H,2-6,13H2,1H3,(H,14,15). The Labute approximate surface area is 95.2 Å². The van der Waals surface area contributed by atoms with Gasteiger partial charge in [-0.3, -0.25) is 0 Å². The van der Waals surface area contributed by atoms with Gasteiger partial charge in [-0.2, -0.15) is 10.4 Å². The van der Waals surface area contributed by atoms with Crippen molar-refractivity contribution in [3.05, 3.63) is 5.56 Å². The van der Waals surface area contributed by atoms with Crippen molar-refractivity contribution in [3.8, 4) is 6.07 Å². The van der Waals surface area contributed by atoms with Gasteiger partial charge >= 0.3 is 0 Å². The minimum Gasteiger partial charge on any atom is -0.383 e. The molecule has 86 valence electrons. The van der Waals surface area contributed by atoms with Gasteiger partial charge in [-0.25, -0.2) is 4.68 Å². The van der Waals surface area contributed by atoms with Crippen molar-refractivity contribution in [3.63, 3.8) is 0 Å². The highest BCUT2D eigenvalue weighted by atomic mass is 15.4. The van der Waals surface area contributed by atoms with E-state index in [1.165, 1.54) is 12.8 Å². The number of anilines is 2. The average Bonchev–Trinajstić information content (AvgIpc) is 2.87. The molecule has 0 radical (unpaired) electrons. The summed E-state index contributed by atoms with van der Waals surface area (Å²) in [4.78, 5) is 0. The number of nitriles is 1. The third kappa shape index (κ3) is 1.71. The number of nitrogens with two attached hydrogens (primary N) is 1. The molecule has 1 heterocycles. The molecule has 0 unspecified atom stereocenters. The van der Waals surface area contributed by atoms with Crippen LogP contribution >= 0.6 is 0 Å². The Morgan fingerprint density at radius 1 is 1.56 bits per heavy atom. The molecule has 0 amide bonds.